The van der Waals surface area contributed by atoms with Crippen molar-refractivity contribution in [2.75, 3.05) is 13.2 Å². The van der Waals surface area contributed by atoms with Gasteiger partial charge in [0.05, 0.1) is 29.8 Å². The molecule has 1 aliphatic rings. The van der Waals surface area contributed by atoms with Crippen molar-refractivity contribution in [3.05, 3.63) is 36.2 Å². The van der Waals surface area contributed by atoms with E-state index < -0.39 is 5.97 Å². The highest BCUT2D eigenvalue weighted by Gasteiger charge is 2.11. The highest BCUT2D eigenvalue weighted by atomic mass is 16.5. The van der Waals surface area contributed by atoms with Crippen LogP contribution in [0.4, 0.5) is 0 Å². The number of rotatable bonds is 2. The minimum Gasteiger partial charge on any atom is -0.478 e. The summed E-state index contributed by atoms with van der Waals surface area (Å²) in [5.74, 6) is -0.934. The van der Waals surface area contributed by atoms with Gasteiger partial charge >= 0.3 is 5.97 Å². The maximum absolute atomic E-state index is 10.9. The summed E-state index contributed by atoms with van der Waals surface area (Å²) >= 11 is 0. The summed E-state index contributed by atoms with van der Waals surface area (Å²) in [7, 11) is 0. The van der Waals surface area contributed by atoms with E-state index in [-0.39, 0.29) is 5.56 Å². The molecule has 0 aliphatic carbocycles. The van der Waals surface area contributed by atoms with Crippen LogP contribution in [0.3, 0.4) is 0 Å². The van der Waals surface area contributed by atoms with Crippen LogP contribution in [-0.2, 0) is 4.74 Å². The second kappa shape index (κ2) is 4.27. The summed E-state index contributed by atoms with van der Waals surface area (Å²) in [6, 6.07) is 4.98. The van der Waals surface area contributed by atoms with E-state index in [0.717, 1.165) is 17.6 Å². The molecule has 0 bridgehead atoms. The normalized spacial score (nSPS) is 15.7. The average Bonchev–Trinajstić information content (AvgIpc) is 2.82. The number of imidazole rings is 1. The first-order chi connectivity index (χ1) is 8.75. The van der Waals surface area contributed by atoms with Gasteiger partial charge in [0.25, 0.3) is 0 Å². The van der Waals surface area contributed by atoms with Crippen LogP contribution in [0.25, 0.3) is 16.7 Å². The molecular formula is C13H12N2O3. The van der Waals surface area contributed by atoms with Crippen LogP contribution in [0.1, 0.15) is 16.8 Å². The van der Waals surface area contributed by atoms with E-state index in [1.165, 1.54) is 0 Å². The SMILES string of the molecule is O=C(O)c1ccc2c(c1)ncn2C1=CCOCC1. The van der Waals surface area contributed by atoms with Crippen LogP contribution < -0.4 is 0 Å². The van der Waals surface area contributed by atoms with Gasteiger partial charge < -0.3 is 14.4 Å². The number of carboxylic acids is 1. The van der Waals surface area contributed by atoms with E-state index in [1.807, 2.05) is 10.6 Å². The minimum atomic E-state index is -0.934. The zero-order chi connectivity index (χ0) is 12.5. The van der Waals surface area contributed by atoms with Crippen molar-refractivity contribution in [1.29, 1.82) is 0 Å². The summed E-state index contributed by atoms with van der Waals surface area (Å²) in [4.78, 5) is 15.1. The van der Waals surface area contributed by atoms with Crippen LogP contribution in [0.5, 0.6) is 0 Å². The first-order valence-electron chi connectivity index (χ1n) is 5.73. The third kappa shape index (κ3) is 1.78. The van der Waals surface area contributed by atoms with E-state index in [0.29, 0.717) is 18.7 Å². The van der Waals surface area contributed by atoms with Gasteiger partial charge in [0.15, 0.2) is 0 Å². The van der Waals surface area contributed by atoms with E-state index in [9.17, 15) is 4.79 Å². The zero-order valence-corrected chi connectivity index (χ0v) is 9.67. The molecule has 5 heteroatoms. The second-order valence-electron chi connectivity index (χ2n) is 4.14. The molecule has 2 aromatic rings. The molecule has 92 valence electrons. The number of nitrogens with zero attached hydrogens (tertiary/aromatic N) is 2. The molecule has 0 spiro atoms. The largest absolute Gasteiger partial charge is 0.478 e. The summed E-state index contributed by atoms with van der Waals surface area (Å²) < 4.78 is 7.26. The van der Waals surface area contributed by atoms with E-state index in [4.69, 9.17) is 9.84 Å². The quantitative estimate of drug-likeness (QED) is 0.877. The molecule has 18 heavy (non-hydrogen) atoms. The van der Waals surface area contributed by atoms with Gasteiger partial charge in [0.2, 0.25) is 0 Å². The predicted molar refractivity (Wildman–Crippen MR) is 66.4 cm³/mol. The van der Waals surface area contributed by atoms with Crippen molar-refractivity contribution in [3.63, 3.8) is 0 Å². The number of hydrogen-bond donors (Lipinski definition) is 1. The van der Waals surface area contributed by atoms with Gasteiger partial charge in [-0.05, 0) is 24.3 Å². The smallest absolute Gasteiger partial charge is 0.335 e. The Morgan fingerprint density at radius 2 is 2.33 bits per heavy atom. The molecule has 5 nitrogen and oxygen atoms in total. The van der Waals surface area contributed by atoms with Crippen molar-refractivity contribution in [2.24, 2.45) is 0 Å². The van der Waals surface area contributed by atoms with Crippen LogP contribution >= 0.6 is 0 Å². The van der Waals surface area contributed by atoms with Crippen molar-refractivity contribution in [2.45, 2.75) is 6.42 Å². The Bertz CT molecular complexity index is 643. The third-order valence-electron chi connectivity index (χ3n) is 3.04. The highest BCUT2D eigenvalue weighted by molar-refractivity contribution is 5.93. The molecule has 0 unspecified atom stereocenters. The molecule has 1 N–H and O–H groups in total. The van der Waals surface area contributed by atoms with Gasteiger partial charge in [-0.1, -0.05) is 0 Å². The van der Waals surface area contributed by atoms with Crippen LogP contribution in [-0.4, -0.2) is 33.8 Å². The van der Waals surface area contributed by atoms with E-state index in [1.54, 1.807) is 24.5 Å². The first-order valence-corrected chi connectivity index (χ1v) is 5.73. The molecule has 0 saturated heterocycles. The molecule has 1 aromatic heterocycles. The summed E-state index contributed by atoms with van der Waals surface area (Å²) in [5, 5.41) is 8.94. The Hall–Kier alpha value is -2.14. The lowest BCUT2D eigenvalue weighted by Crippen LogP contribution is -2.08. The van der Waals surface area contributed by atoms with Crippen molar-refractivity contribution in [3.8, 4) is 0 Å². The fourth-order valence-corrected chi connectivity index (χ4v) is 2.11. The summed E-state index contributed by atoms with van der Waals surface area (Å²) in [6.45, 7) is 1.32. The van der Waals surface area contributed by atoms with Crippen molar-refractivity contribution >= 4 is 22.7 Å². The zero-order valence-electron chi connectivity index (χ0n) is 9.67. The molecule has 0 atom stereocenters. The Balaban J connectivity index is 2.09. The number of ether oxygens (including phenoxy) is 1. The lowest BCUT2D eigenvalue weighted by molar-refractivity contribution is 0.0697. The average molecular weight is 244 g/mol. The standard InChI is InChI=1S/C13H12N2O3/c16-13(17)9-1-2-12-11(7-9)14-8-15(12)10-3-5-18-6-4-10/h1-3,7-8H,4-6H2,(H,16,17). The van der Waals surface area contributed by atoms with Gasteiger partial charge in [-0.3, -0.25) is 0 Å². The highest BCUT2D eigenvalue weighted by Crippen LogP contribution is 2.22. The lowest BCUT2D eigenvalue weighted by atomic mass is 10.2. The molecule has 1 aromatic carbocycles. The van der Waals surface area contributed by atoms with E-state index >= 15 is 0 Å². The monoisotopic (exact) mass is 244 g/mol. The maximum Gasteiger partial charge on any atom is 0.335 e. The fraction of sp³-hybridized carbons (Fsp3) is 0.231. The van der Waals surface area contributed by atoms with Crippen LogP contribution in [0, 0.1) is 0 Å². The van der Waals surface area contributed by atoms with Gasteiger partial charge in [-0.25, -0.2) is 9.78 Å². The molecular weight excluding hydrogens is 232 g/mol. The lowest BCUT2D eigenvalue weighted by Gasteiger charge is -2.14. The number of aromatic carboxylic acids is 1. The Labute approximate surface area is 103 Å². The van der Waals surface area contributed by atoms with Crippen molar-refractivity contribution in [1.82, 2.24) is 9.55 Å². The number of fused-ring (bicyclic) bond motifs is 1. The molecule has 0 amide bonds. The van der Waals surface area contributed by atoms with Crippen LogP contribution in [0.15, 0.2) is 30.6 Å². The molecule has 3 rings (SSSR count). The second-order valence-corrected chi connectivity index (χ2v) is 4.14. The number of aromatic nitrogens is 2. The van der Waals surface area contributed by atoms with Gasteiger partial charge in [-0.2, -0.15) is 0 Å². The number of carbonyl (C=O) groups is 1. The topological polar surface area (TPSA) is 64.3 Å². The molecule has 0 radical (unpaired) electrons. The molecule has 1 aliphatic heterocycles. The van der Waals surface area contributed by atoms with Gasteiger partial charge in [0, 0.05) is 12.1 Å². The van der Waals surface area contributed by atoms with Crippen molar-refractivity contribution < 1.29 is 14.6 Å². The van der Waals surface area contributed by atoms with Gasteiger partial charge in [0.1, 0.15) is 6.33 Å². The minimum absolute atomic E-state index is 0.258. The molecule has 0 fully saturated rings. The Morgan fingerprint density at radius 1 is 1.44 bits per heavy atom. The van der Waals surface area contributed by atoms with E-state index in [2.05, 4.69) is 4.98 Å². The van der Waals surface area contributed by atoms with Crippen LogP contribution in [0.2, 0.25) is 0 Å². The molecule has 0 saturated carbocycles. The number of carboxylic acid groups (broad SMARTS) is 1. The Morgan fingerprint density at radius 3 is 3.06 bits per heavy atom. The summed E-state index contributed by atoms with van der Waals surface area (Å²) in [5.41, 5.74) is 3.02. The third-order valence-corrected chi connectivity index (χ3v) is 3.04. The summed E-state index contributed by atoms with van der Waals surface area (Å²) in [6.07, 6.45) is 4.59. The number of benzene rings is 1. The maximum atomic E-state index is 10.9. The Kier molecular flexibility index (Phi) is 2.60. The predicted octanol–water partition coefficient (Wildman–Crippen LogP) is 2.00. The molecule has 2 heterocycles. The fourth-order valence-electron chi connectivity index (χ4n) is 2.11. The first kappa shape index (κ1) is 11.0. The number of hydrogen-bond acceptors (Lipinski definition) is 3. The van der Waals surface area contributed by atoms with Gasteiger partial charge in [-0.15, -0.1) is 0 Å².